The van der Waals surface area contributed by atoms with E-state index < -0.39 is 0 Å². The molecule has 4 nitrogen and oxygen atoms in total. The Hall–Kier alpha value is -3.40. The summed E-state index contributed by atoms with van der Waals surface area (Å²) in [6.45, 7) is 0. The van der Waals surface area contributed by atoms with Crippen LogP contribution in [0.2, 0.25) is 0 Å². The van der Waals surface area contributed by atoms with Gasteiger partial charge in [0.15, 0.2) is 11.5 Å². The van der Waals surface area contributed by atoms with Gasteiger partial charge in [0.05, 0.1) is 14.2 Å². The van der Waals surface area contributed by atoms with Crippen molar-refractivity contribution < 1.29 is 14.6 Å². The number of methoxy groups -OCH3 is 2. The highest BCUT2D eigenvalue weighted by atomic mass is 16.5. The Bertz CT molecular complexity index is 1130. The predicted molar refractivity (Wildman–Crippen MR) is 116 cm³/mol. The van der Waals surface area contributed by atoms with E-state index in [0.717, 1.165) is 36.1 Å². The Labute approximate surface area is 170 Å². The maximum atomic E-state index is 9.95. The van der Waals surface area contributed by atoms with Gasteiger partial charge in [-0.25, -0.2) is 0 Å². The topological polar surface area (TPSA) is 54.5 Å². The second-order valence-electron chi connectivity index (χ2n) is 7.23. The highest BCUT2D eigenvalue weighted by Crippen LogP contribution is 2.28. The third kappa shape index (κ3) is 4.21. The van der Waals surface area contributed by atoms with Crippen molar-refractivity contribution >= 4 is 10.9 Å². The van der Waals surface area contributed by atoms with Crippen LogP contribution in [0.25, 0.3) is 10.9 Å². The van der Waals surface area contributed by atoms with Gasteiger partial charge in [-0.1, -0.05) is 30.3 Å². The predicted octanol–water partition coefficient (Wildman–Crippen LogP) is 5.27. The van der Waals surface area contributed by atoms with E-state index in [2.05, 4.69) is 41.5 Å². The van der Waals surface area contributed by atoms with E-state index >= 15 is 0 Å². The number of phenols is 1. The molecule has 0 unspecified atom stereocenters. The van der Waals surface area contributed by atoms with Gasteiger partial charge in [0, 0.05) is 17.1 Å². The number of aromatic hydroxyl groups is 1. The number of fused-ring (bicyclic) bond motifs is 1. The molecule has 0 radical (unpaired) electrons. The van der Waals surface area contributed by atoms with E-state index in [1.54, 1.807) is 20.3 Å². The molecule has 4 heteroatoms. The first kappa shape index (κ1) is 18.9. The van der Waals surface area contributed by atoms with E-state index in [1.807, 2.05) is 24.3 Å². The van der Waals surface area contributed by atoms with Crippen LogP contribution >= 0.6 is 0 Å². The SMILES string of the molecule is COc1cccc(Cc2c[nH]c3cc(CCc4ccc(OC)c(O)c4)ccc23)c1. The summed E-state index contributed by atoms with van der Waals surface area (Å²) in [4.78, 5) is 3.41. The number of ether oxygens (including phenoxy) is 2. The number of nitrogens with one attached hydrogen (secondary N) is 1. The fraction of sp³-hybridized carbons (Fsp3) is 0.200. The van der Waals surface area contributed by atoms with Crippen molar-refractivity contribution in [2.75, 3.05) is 14.2 Å². The molecule has 4 rings (SSSR count). The fourth-order valence-electron chi connectivity index (χ4n) is 3.72. The van der Waals surface area contributed by atoms with Gasteiger partial charge in [-0.3, -0.25) is 0 Å². The van der Waals surface area contributed by atoms with Crippen molar-refractivity contribution in [1.29, 1.82) is 0 Å². The quantitative estimate of drug-likeness (QED) is 0.454. The molecular weight excluding hydrogens is 362 g/mol. The maximum Gasteiger partial charge on any atom is 0.160 e. The Kier molecular flexibility index (Phi) is 5.43. The lowest BCUT2D eigenvalue weighted by Crippen LogP contribution is -1.93. The number of phenolic OH excluding ortho intramolecular Hbond substituents is 1. The minimum Gasteiger partial charge on any atom is -0.504 e. The lowest BCUT2D eigenvalue weighted by atomic mass is 10.0. The van der Waals surface area contributed by atoms with E-state index in [-0.39, 0.29) is 5.75 Å². The molecule has 1 aromatic heterocycles. The molecule has 148 valence electrons. The Morgan fingerprint density at radius 3 is 2.38 bits per heavy atom. The van der Waals surface area contributed by atoms with Crippen molar-refractivity contribution in [3.8, 4) is 17.2 Å². The molecule has 0 saturated carbocycles. The smallest absolute Gasteiger partial charge is 0.160 e. The largest absolute Gasteiger partial charge is 0.504 e. The second-order valence-corrected chi connectivity index (χ2v) is 7.23. The molecular formula is C25H25NO3. The van der Waals surface area contributed by atoms with Crippen LogP contribution in [0, 0.1) is 0 Å². The summed E-state index contributed by atoms with van der Waals surface area (Å²) in [5, 5.41) is 11.2. The third-order valence-electron chi connectivity index (χ3n) is 5.31. The third-order valence-corrected chi connectivity index (χ3v) is 5.31. The number of hydrogen-bond donors (Lipinski definition) is 2. The lowest BCUT2D eigenvalue weighted by molar-refractivity contribution is 0.373. The van der Waals surface area contributed by atoms with Crippen molar-refractivity contribution in [1.82, 2.24) is 4.98 Å². The van der Waals surface area contributed by atoms with E-state index in [4.69, 9.17) is 9.47 Å². The summed E-state index contributed by atoms with van der Waals surface area (Å²) in [5.41, 5.74) is 6.02. The molecule has 0 fully saturated rings. The minimum atomic E-state index is 0.187. The molecule has 0 aliphatic heterocycles. The van der Waals surface area contributed by atoms with Gasteiger partial charge in [0.25, 0.3) is 0 Å². The molecule has 29 heavy (non-hydrogen) atoms. The molecule has 3 aromatic carbocycles. The van der Waals surface area contributed by atoms with Gasteiger partial charge in [0.1, 0.15) is 5.75 Å². The molecule has 0 spiro atoms. The summed E-state index contributed by atoms with van der Waals surface area (Å²) in [6, 6.07) is 20.4. The van der Waals surface area contributed by atoms with Gasteiger partial charge in [-0.15, -0.1) is 0 Å². The Balaban J connectivity index is 1.48. The molecule has 1 heterocycles. The number of aryl methyl sites for hydroxylation is 2. The zero-order valence-corrected chi connectivity index (χ0v) is 16.7. The Morgan fingerprint density at radius 2 is 1.62 bits per heavy atom. The van der Waals surface area contributed by atoms with Crippen LogP contribution in [-0.2, 0) is 19.3 Å². The average molecular weight is 387 g/mol. The van der Waals surface area contributed by atoms with Crippen molar-refractivity contribution in [3.63, 3.8) is 0 Å². The zero-order valence-electron chi connectivity index (χ0n) is 16.7. The number of benzene rings is 3. The summed E-state index contributed by atoms with van der Waals surface area (Å²) in [5.74, 6) is 1.58. The molecule has 0 aliphatic rings. The number of rotatable bonds is 7. The van der Waals surface area contributed by atoms with Crippen LogP contribution < -0.4 is 9.47 Å². The van der Waals surface area contributed by atoms with Crippen molar-refractivity contribution in [3.05, 3.63) is 89.1 Å². The summed E-state index contributed by atoms with van der Waals surface area (Å²) < 4.78 is 10.4. The molecule has 2 N–H and O–H groups in total. The van der Waals surface area contributed by atoms with Crippen LogP contribution in [0.4, 0.5) is 0 Å². The molecule has 0 aliphatic carbocycles. The van der Waals surface area contributed by atoms with Crippen LogP contribution in [0.15, 0.2) is 66.9 Å². The van der Waals surface area contributed by atoms with E-state index in [9.17, 15) is 5.11 Å². The van der Waals surface area contributed by atoms with Gasteiger partial charge in [-0.05, 0) is 71.8 Å². The van der Waals surface area contributed by atoms with Crippen LogP contribution in [0.5, 0.6) is 17.2 Å². The Morgan fingerprint density at radius 1 is 0.828 bits per heavy atom. The van der Waals surface area contributed by atoms with Crippen molar-refractivity contribution in [2.45, 2.75) is 19.3 Å². The molecule has 4 aromatic rings. The highest BCUT2D eigenvalue weighted by Gasteiger charge is 2.08. The summed E-state index contributed by atoms with van der Waals surface area (Å²) in [7, 11) is 3.25. The van der Waals surface area contributed by atoms with E-state index in [1.165, 1.54) is 22.1 Å². The van der Waals surface area contributed by atoms with Crippen molar-refractivity contribution in [2.24, 2.45) is 0 Å². The molecule has 0 saturated heterocycles. The fourth-order valence-corrected chi connectivity index (χ4v) is 3.72. The van der Waals surface area contributed by atoms with E-state index in [0.29, 0.717) is 5.75 Å². The van der Waals surface area contributed by atoms with Crippen LogP contribution in [0.1, 0.15) is 22.3 Å². The summed E-state index contributed by atoms with van der Waals surface area (Å²) in [6.07, 6.45) is 4.73. The average Bonchev–Trinajstić information content (AvgIpc) is 3.14. The lowest BCUT2D eigenvalue weighted by Gasteiger charge is -2.07. The van der Waals surface area contributed by atoms with Gasteiger partial charge in [-0.2, -0.15) is 0 Å². The number of hydrogen-bond acceptors (Lipinski definition) is 3. The van der Waals surface area contributed by atoms with Crippen LogP contribution in [0.3, 0.4) is 0 Å². The number of aromatic amines is 1. The molecule has 0 bridgehead atoms. The molecule has 0 amide bonds. The van der Waals surface area contributed by atoms with Gasteiger partial charge >= 0.3 is 0 Å². The summed E-state index contributed by atoms with van der Waals surface area (Å²) >= 11 is 0. The second kappa shape index (κ2) is 8.31. The van der Waals surface area contributed by atoms with Crippen LogP contribution in [-0.4, -0.2) is 24.3 Å². The van der Waals surface area contributed by atoms with Gasteiger partial charge in [0.2, 0.25) is 0 Å². The number of aromatic nitrogens is 1. The number of H-pyrrole nitrogens is 1. The minimum absolute atomic E-state index is 0.187. The first-order valence-corrected chi connectivity index (χ1v) is 9.74. The highest BCUT2D eigenvalue weighted by molar-refractivity contribution is 5.84. The normalized spacial score (nSPS) is 11.0. The standard InChI is InChI=1S/C25H25NO3/c1-28-21-5-3-4-19(13-21)12-20-16-26-23-14-17(8-10-22(20)23)6-7-18-9-11-25(29-2)24(27)15-18/h3-5,8-11,13-16,26-27H,6-7,12H2,1-2H3. The zero-order chi connectivity index (χ0) is 20.2. The first-order chi connectivity index (χ1) is 14.2. The first-order valence-electron chi connectivity index (χ1n) is 9.74. The van der Waals surface area contributed by atoms with Gasteiger partial charge < -0.3 is 19.6 Å². The monoisotopic (exact) mass is 387 g/mol. The molecule has 0 atom stereocenters. The maximum absolute atomic E-state index is 9.95.